The van der Waals surface area contributed by atoms with Crippen LogP contribution in [0, 0.1) is 0 Å². The lowest BCUT2D eigenvalue weighted by atomic mass is 9.78. The fourth-order valence-corrected chi connectivity index (χ4v) is 4.43. The number of epoxide rings is 1. The summed E-state index contributed by atoms with van der Waals surface area (Å²) in [4.78, 5) is 3.69. The molecule has 2 aromatic carbocycles. The molecule has 35 heavy (non-hydrogen) atoms. The van der Waals surface area contributed by atoms with E-state index in [1.165, 1.54) is 25.1 Å². The Bertz CT molecular complexity index is 1190. The molecule has 1 aliphatic rings. The Kier molecular flexibility index (Phi) is 7.31. The molecule has 0 radical (unpaired) electrons. The number of aromatic nitrogens is 1. The smallest absolute Gasteiger partial charge is 0.422 e. The molecule has 0 aliphatic carbocycles. The summed E-state index contributed by atoms with van der Waals surface area (Å²) in [6.45, 7) is 1.47. The van der Waals surface area contributed by atoms with Gasteiger partial charge in [-0.15, -0.1) is 0 Å². The highest BCUT2D eigenvalue weighted by atomic mass is 35.5. The number of halogens is 5. The van der Waals surface area contributed by atoms with Crippen molar-refractivity contribution in [2.45, 2.75) is 50.0 Å². The van der Waals surface area contributed by atoms with Crippen LogP contribution in [-0.2, 0) is 23.4 Å². The topological polar surface area (TPSA) is 75.1 Å². The third kappa shape index (κ3) is 5.57. The fraction of sp³-hybridized carbons (Fsp3) is 0.320. The Morgan fingerprint density at radius 2 is 1.71 bits per heavy atom. The molecular formula is C25H22Cl2F3NO4. The summed E-state index contributed by atoms with van der Waals surface area (Å²) < 4.78 is 53.0. The van der Waals surface area contributed by atoms with Gasteiger partial charge in [-0.2, -0.15) is 13.2 Å². The molecule has 4 atom stereocenters. The van der Waals surface area contributed by atoms with Crippen LogP contribution in [0.25, 0.3) is 0 Å². The van der Waals surface area contributed by atoms with Gasteiger partial charge in [-0.05, 0) is 46.5 Å². The lowest BCUT2D eigenvalue weighted by molar-refractivity contribution is -0.274. The highest BCUT2D eigenvalue weighted by molar-refractivity contribution is 6.31. The number of pyridine rings is 1. The molecule has 10 heteroatoms. The first-order chi connectivity index (χ1) is 16.5. The first-order valence-corrected chi connectivity index (χ1v) is 11.5. The zero-order chi connectivity index (χ0) is 25.4. The third-order valence-corrected chi connectivity index (χ3v) is 6.62. The fourth-order valence-electron chi connectivity index (χ4n) is 3.93. The Hall–Kier alpha value is -2.36. The van der Waals surface area contributed by atoms with Crippen molar-refractivity contribution in [3.63, 3.8) is 0 Å². The molecule has 2 heterocycles. The molecule has 2 N–H and O–H groups in total. The van der Waals surface area contributed by atoms with Crippen LogP contribution >= 0.6 is 23.2 Å². The van der Waals surface area contributed by atoms with Gasteiger partial charge >= 0.3 is 6.18 Å². The summed E-state index contributed by atoms with van der Waals surface area (Å²) in [7, 11) is 0. The number of nitrogens with zero attached hydrogens (tertiary/aromatic N) is 1. The van der Waals surface area contributed by atoms with Crippen LogP contribution in [0.1, 0.15) is 35.1 Å². The molecular weight excluding hydrogens is 506 g/mol. The van der Waals surface area contributed by atoms with Crippen LogP contribution in [0.4, 0.5) is 13.2 Å². The summed E-state index contributed by atoms with van der Waals surface area (Å²) in [6.07, 6.45) is -4.14. The van der Waals surface area contributed by atoms with E-state index >= 15 is 0 Å². The molecule has 4 unspecified atom stereocenters. The highest BCUT2D eigenvalue weighted by Crippen LogP contribution is 2.50. The molecule has 186 valence electrons. The lowest BCUT2D eigenvalue weighted by Gasteiger charge is -2.37. The zero-order valence-electron chi connectivity index (χ0n) is 18.5. The Morgan fingerprint density at radius 3 is 2.29 bits per heavy atom. The molecule has 1 aromatic heterocycles. The summed E-state index contributed by atoms with van der Waals surface area (Å²) >= 11 is 12.1. The number of aliphatic hydroxyl groups excluding tert-OH is 1. The zero-order valence-corrected chi connectivity index (χ0v) is 20.0. The SMILES string of the molecule is CC(c1ccc(OCc2ccc(CC3OC3O)cc2)cc1Cl)C(O)(c1ccnc(Cl)c1)C(F)(F)F. The lowest BCUT2D eigenvalue weighted by Crippen LogP contribution is -2.46. The average Bonchev–Trinajstić information content (AvgIpc) is 3.51. The number of aliphatic hydroxyl groups is 2. The number of ether oxygens (including phenoxy) is 2. The molecule has 0 spiro atoms. The van der Waals surface area contributed by atoms with E-state index in [-0.39, 0.29) is 28.5 Å². The first-order valence-electron chi connectivity index (χ1n) is 10.7. The predicted octanol–water partition coefficient (Wildman–Crippen LogP) is 5.78. The van der Waals surface area contributed by atoms with Crippen molar-refractivity contribution < 1.29 is 32.9 Å². The number of hydrogen-bond acceptors (Lipinski definition) is 5. The monoisotopic (exact) mass is 527 g/mol. The van der Waals surface area contributed by atoms with E-state index in [4.69, 9.17) is 32.7 Å². The van der Waals surface area contributed by atoms with Gasteiger partial charge in [0.05, 0.1) is 0 Å². The molecule has 0 saturated carbocycles. The van der Waals surface area contributed by atoms with Gasteiger partial charge in [-0.25, -0.2) is 4.98 Å². The van der Waals surface area contributed by atoms with Crippen molar-refractivity contribution in [3.05, 3.63) is 93.2 Å². The van der Waals surface area contributed by atoms with Crippen molar-refractivity contribution in [1.82, 2.24) is 4.98 Å². The summed E-state index contributed by atoms with van der Waals surface area (Å²) in [5.74, 6) is -1.09. The Balaban J connectivity index is 1.48. The van der Waals surface area contributed by atoms with Gasteiger partial charge in [-0.3, -0.25) is 0 Å². The maximum absolute atomic E-state index is 14.1. The van der Waals surface area contributed by atoms with Crippen molar-refractivity contribution in [1.29, 1.82) is 0 Å². The van der Waals surface area contributed by atoms with E-state index in [0.29, 0.717) is 12.2 Å². The second kappa shape index (κ2) is 9.95. The van der Waals surface area contributed by atoms with E-state index < -0.39 is 29.5 Å². The highest BCUT2D eigenvalue weighted by Gasteiger charge is 2.59. The van der Waals surface area contributed by atoms with E-state index in [1.807, 2.05) is 24.3 Å². The van der Waals surface area contributed by atoms with Gasteiger partial charge in [0, 0.05) is 23.6 Å². The van der Waals surface area contributed by atoms with Crippen LogP contribution in [-0.4, -0.2) is 33.8 Å². The first kappa shape index (κ1) is 25.7. The van der Waals surface area contributed by atoms with E-state index in [0.717, 1.165) is 29.5 Å². The van der Waals surface area contributed by atoms with Crippen molar-refractivity contribution in [2.75, 3.05) is 0 Å². The summed E-state index contributed by atoms with van der Waals surface area (Å²) in [6, 6.07) is 14.0. The van der Waals surface area contributed by atoms with Crippen molar-refractivity contribution >= 4 is 23.2 Å². The molecule has 5 nitrogen and oxygen atoms in total. The second-order valence-electron chi connectivity index (χ2n) is 8.41. The molecule has 0 bridgehead atoms. The number of alkyl halides is 3. The second-order valence-corrected chi connectivity index (χ2v) is 9.21. The average molecular weight is 528 g/mol. The van der Waals surface area contributed by atoms with E-state index in [9.17, 15) is 23.4 Å². The predicted molar refractivity (Wildman–Crippen MR) is 124 cm³/mol. The quantitative estimate of drug-likeness (QED) is 0.287. The number of hydrogen-bond donors (Lipinski definition) is 2. The van der Waals surface area contributed by atoms with Crippen LogP contribution in [0.5, 0.6) is 5.75 Å². The minimum atomic E-state index is -5.01. The third-order valence-electron chi connectivity index (χ3n) is 6.08. The molecule has 1 aliphatic heterocycles. The maximum atomic E-state index is 14.1. The standard InChI is InChI=1S/C25H22Cl2F3NO4/c1-14(24(33,25(28,29)30)17-8-9-31-22(27)11-17)19-7-6-18(12-20(19)26)34-13-16-4-2-15(3-5-16)10-21-23(32)35-21/h2-9,11-12,14,21,23,32-33H,10,13H2,1H3. The van der Waals surface area contributed by atoms with Gasteiger partial charge in [0.15, 0.2) is 11.9 Å². The minimum absolute atomic E-state index is 0.0242. The molecule has 1 saturated heterocycles. The van der Waals surface area contributed by atoms with E-state index in [1.54, 1.807) is 0 Å². The van der Waals surface area contributed by atoms with Gasteiger partial charge in [0.1, 0.15) is 23.6 Å². The van der Waals surface area contributed by atoms with Gasteiger partial charge in [0.2, 0.25) is 0 Å². The van der Waals surface area contributed by atoms with Crippen LogP contribution in [0.3, 0.4) is 0 Å². The number of rotatable bonds is 8. The summed E-state index contributed by atoms with van der Waals surface area (Å²) in [5, 5.41) is 20.0. The Morgan fingerprint density at radius 1 is 1.06 bits per heavy atom. The normalized spacial score (nSPS) is 20.2. The summed E-state index contributed by atoms with van der Waals surface area (Å²) in [5.41, 5.74) is -1.68. The Labute approximate surface area is 210 Å². The van der Waals surface area contributed by atoms with E-state index in [2.05, 4.69) is 4.98 Å². The van der Waals surface area contributed by atoms with Gasteiger partial charge in [0.25, 0.3) is 0 Å². The molecule has 1 fully saturated rings. The van der Waals surface area contributed by atoms with Gasteiger partial charge < -0.3 is 19.7 Å². The van der Waals surface area contributed by atoms with Crippen LogP contribution < -0.4 is 4.74 Å². The van der Waals surface area contributed by atoms with Crippen molar-refractivity contribution in [3.8, 4) is 5.75 Å². The maximum Gasteiger partial charge on any atom is 0.422 e. The molecule has 3 aromatic rings. The largest absolute Gasteiger partial charge is 0.489 e. The van der Waals surface area contributed by atoms with Gasteiger partial charge in [-0.1, -0.05) is 60.5 Å². The number of benzene rings is 2. The van der Waals surface area contributed by atoms with Crippen molar-refractivity contribution in [2.24, 2.45) is 0 Å². The molecule has 4 rings (SSSR count). The van der Waals surface area contributed by atoms with Crippen LogP contribution in [0.15, 0.2) is 60.8 Å². The minimum Gasteiger partial charge on any atom is -0.489 e. The molecule has 0 amide bonds. The van der Waals surface area contributed by atoms with Crippen LogP contribution in [0.2, 0.25) is 10.2 Å².